The molecule has 0 aromatic heterocycles. The first-order chi connectivity index (χ1) is 13.7. The van der Waals surface area contributed by atoms with Gasteiger partial charge in [-0.3, -0.25) is 4.79 Å². The second-order valence-corrected chi connectivity index (χ2v) is 9.00. The maximum atomic E-state index is 13.8. The smallest absolute Gasteiger partial charge is 0.243 e. The number of halogens is 3. The zero-order valence-corrected chi connectivity index (χ0v) is 16.6. The molecule has 2 aromatic rings. The van der Waals surface area contributed by atoms with Gasteiger partial charge in [-0.05, 0) is 43.2 Å². The molecule has 29 heavy (non-hydrogen) atoms. The van der Waals surface area contributed by atoms with E-state index in [1.165, 1.54) is 34.5 Å². The lowest BCUT2D eigenvalue weighted by molar-refractivity contribution is -0.136. The molecule has 0 spiro atoms. The number of sulfonamides is 1. The lowest BCUT2D eigenvalue weighted by Gasteiger charge is -2.32. The van der Waals surface area contributed by atoms with Crippen molar-refractivity contribution in [3.8, 4) is 0 Å². The summed E-state index contributed by atoms with van der Waals surface area (Å²) in [5.41, 5.74) is 0.207. The van der Waals surface area contributed by atoms with Crippen LogP contribution in [0.2, 0.25) is 0 Å². The fourth-order valence-corrected chi connectivity index (χ4v) is 4.86. The average Bonchev–Trinajstić information content (AvgIpc) is 2.70. The van der Waals surface area contributed by atoms with Crippen molar-refractivity contribution in [1.82, 2.24) is 9.21 Å². The molecule has 5 nitrogen and oxygen atoms in total. The lowest BCUT2D eigenvalue weighted by Crippen LogP contribution is -2.43. The molecule has 9 heteroatoms. The van der Waals surface area contributed by atoms with E-state index in [-0.39, 0.29) is 41.9 Å². The Hall–Kier alpha value is -2.39. The Kier molecular flexibility index (Phi) is 6.28. The molecule has 1 saturated heterocycles. The van der Waals surface area contributed by atoms with Crippen LogP contribution in [0.3, 0.4) is 0 Å². The van der Waals surface area contributed by atoms with Crippen molar-refractivity contribution in [1.29, 1.82) is 0 Å². The van der Waals surface area contributed by atoms with Gasteiger partial charge in [-0.1, -0.05) is 6.07 Å². The number of carbonyl (C=O) groups is 1. The van der Waals surface area contributed by atoms with Crippen LogP contribution in [0.4, 0.5) is 13.2 Å². The molecule has 0 saturated carbocycles. The van der Waals surface area contributed by atoms with Gasteiger partial charge >= 0.3 is 0 Å². The SMILES string of the molecule is CN(Cc1ccc(F)cc1F)C(=O)C1CCN(S(=O)(=O)c2ccc(F)cc2)CC1. The molecule has 0 aliphatic carbocycles. The van der Waals surface area contributed by atoms with Crippen molar-refractivity contribution in [2.75, 3.05) is 20.1 Å². The molecule has 2 aromatic carbocycles. The van der Waals surface area contributed by atoms with Crippen LogP contribution in [0.1, 0.15) is 18.4 Å². The fraction of sp³-hybridized carbons (Fsp3) is 0.350. The molecule has 0 atom stereocenters. The van der Waals surface area contributed by atoms with Crippen LogP contribution in [0.25, 0.3) is 0 Å². The zero-order chi connectivity index (χ0) is 21.2. The predicted molar refractivity (Wildman–Crippen MR) is 101 cm³/mol. The monoisotopic (exact) mass is 426 g/mol. The topological polar surface area (TPSA) is 57.7 Å². The summed E-state index contributed by atoms with van der Waals surface area (Å²) in [6.07, 6.45) is 0.658. The number of hydrogen-bond acceptors (Lipinski definition) is 3. The molecular weight excluding hydrogens is 405 g/mol. The number of amides is 1. The van der Waals surface area contributed by atoms with E-state index in [1.54, 1.807) is 0 Å². The highest BCUT2D eigenvalue weighted by Gasteiger charge is 2.33. The van der Waals surface area contributed by atoms with Gasteiger partial charge in [0.2, 0.25) is 15.9 Å². The van der Waals surface area contributed by atoms with E-state index >= 15 is 0 Å². The minimum Gasteiger partial charge on any atom is -0.341 e. The standard InChI is InChI=1S/C20H21F3N2O3S/c1-24(13-15-2-3-17(22)12-19(15)23)20(26)14-8-10-25(11-9-14)29(27,28)18-6-4-16(21)5-7-18/h2-7,12,14H,8-11,13H2,1H3. The van der Waals surface area contributed by atoms with Gasteiger partial charge < -0.3 is 4.90 Å². The third-order valence-electron chi connectivity index (χ3n) is 5.05. The van der Waals surface area contributed by atoms with Crippen LogP contribution < -0.4 is 0 Å². The number of nitrogens with zero attached hydrogens (tertiary/aromatic N) is 2. The minimum atomic E-state index is -3.75. The molecule has 1 aliphatic heterocycles. The van der Waals surface area contributed by atoms with Gasteiger partial charge in [0, 0.05) is 44.2 Å². The zero-order valence-electron chi connectivity index (χ0n) is 15.8. The van der Waals surface area contributed by atoms with Gasteiger partial charge in [0.05, 0.1) is 4.90 Å². The number of hydrogen-bond donors (Lipinski definition) is 0. The van der Waals surface area contributed by atoms with E-state index in [1.807, 2.05) is 0 Å². The van der Waals surface area contributed by atoms with Crippen molar-refractivity contribution in [3.63, 3.8) is 0 Å². The normalized spacial score (nSPS) is 16.0. The Morgan fingerprint density at radius 2 is 1.62 bits per heavy atom. The maximum absolute atomic E-state index is 13.8. The summed E-state index contributed by atoms with van der Waals surface area (Å²) in [4.78, 5) is 14.0. The Morgan fingerprint density at radius 1 is 1.03 bits per heavy atom. The van der Waals surface area contributed by atoms with Crippen LogP contribution in [0, 0.1) is 23.4 Å². The molecule has 1 heterocycles. The Bertz CT molecular complexity index is 989. The van der Waals surface area contributed by atoms with E-state index in [0.717, 1.165) is 24.3 Å². The summed E-state index contributed by atoms with van der Waals surface area (Å²) in [6, 6.07) is 7.81. The van der Waals surface area contributed by atoms with Gasteiger partial charge in [-0.15, -0.1) is 0 Å². The summed E-state index contributed by atoms with van der Waals surface area (Å²) in [5, 5.41) is 0. The maximum Gasteiger partial charge on any atom is 0.243 e. The third-order valence-corrected chi connectivity index (χ3v) is 6.97. The summed E-state index contributed by atoms with van der Waals surface area (Å²) in [6.45, 7) is 0.322. The van der Waals surface area contributed by atoms with Crippen molar-refractivity contribution in [2.24, 2.45) is 5.92 Å². The summed E-state index contributed by atoms with van der Waals surface area (Å²) < 4.78 is 66.5. The Labute approximate surface area is 167 Å². The molecule has 0 unspecified atom stereocenters. The average molecular weight is 426 g/mol. The predicted octanol–water partition coefficient (Wildman–Crippen LogP) is 3.16. The first kappa shape index (κ1) is 21.3. The van der Waals surface area contributed by atoms with Crippen LogP contribution in [-0.2, 0) is 21.4 Å². The van der Waals surface area contributed by atoms with E-state index in [0.29, 0.717) is 12.8 Å². The van der Waals surface area contributed by atoms with Crippen LogP contribution in [0.5, 0.6) is 0 Å². The van der Waals surface area contributed by atoms with Crippen LogP contribution in [-0.4, -0.2) is 43.7 Å². The number of rotatable bonds is 5. The third kappa shape index (κ3) is 4.79. The molecule has 0 radical (unpaired) electrons. The highest BCUT2D eigenvalue weighted by atomic mass is 32.2. The Balaban J connectivity index is 1.60. The largest absolute Gasteiger partial charge is 0.341 e. The number of carbonyl (C=O) groups excluding carboxylic acids is 1. The van der Waals surface area contributed by atoms with E-state index in [4.69, 9.17) is 0 Å². The lowest BCUT2D eigenvalue weighted by atomic mass is 9.96. The minimum absolute atomic E-state index is 0.000953. The van der Waals surface area contributed by atoms with Gasteiger partial charge in [0.25, 0.3) is 0 Å². The molecule has 1 aliphatic rings. The highest BCUT2D eigenvalue weighted by Crippen LogP contribution is 2.25. The second kappa shape index (κ2) is 8.54. The summed E-state index contributed by atoms with van der Waals surface area (Å²) in [7, 11) is -2.22. The van der Waals surface area contributed by atoms with Gasteiger partial charge in [0.15, 0.2) is 0 Å². The molecule has 1 fully saturated rings. The number of piperidine rings is 1. The van der Waals surface area contributed by atoms with Crippen molar-refractivity contribution in [2.45, 2.75) is 24.3 Å². The van der Waals surface area contributed by atoms with Gasteiger partial charge in [-0.2, -0.15) is 4.31 Å². The Morgan fingerprint density at radius 3 is 2.21 bits per heavy atom. The molecule has 3 rings (SSSR count). The molecular formula is C20H21F3N2O3S. The van der Waals surface area contributed by atoms with Crippen LogP contribution in [0.15, 0.2) is 47.4 Å². The van der Waals surface area contributed by atoms with E-state index in [9.17, 15) is 26.4 Å². The first-order valence-corrected chi connectivity index (χ1v) is 10.6. The van der Waals surface area contributed by atoms with E-state index in [2.05, 4.69) is 0 Å². The quantitative estimate of drug-likeness (QED) is 0.738. The fourth-order valence-electron chi connectivity index (χ4n) is 3.39. The summed E-state index contributed by atoms with van der Waals surface area (Å²) >= 11 is 0. The molecule has 156 valence electrons. The second-order valence-electron chi connectivity index (χ2n) is 7.06. The molecule has 0 bridgehead atoms. The van der Waals surface area contributed by atoms with Crippen molar-refractivity contribution < 1.29 is 26.4 Å². The first-order valence-electron chi connectivity index (χ1n) is 9.13. The van der Waals surface area contributed by atoms with E-state index < -0.39 is 27.5 Å². The van der Waals surface area contributed by atoms with Crippen LogP contribution >= 0.6 is 0 Å². The highest BCUT2D eigenvalue weighted by molar-refractivity contribution is 7.89. The summed E-state index contributed by atoms with van der Waals surface area (Å²) in [5.74, 6) is -2.52. The van der Waals surface area contributed by atoms with Gasteiger partial charge in [0.1, 0.15) is 17.5 Å². The van der Waals surface area contributed by atoms with Gasteiger partial charge in [-0.25, -0.2) is 21.6 Å². The van der Waals surface area contributed by atoms with Crippen molar-refractivity contribution >= 4 is 15.9 Å². The molecule has 0 N–H and O–H groups in total. The molecule has 1 amide bonds. The van der Waals surface area contributed by atoms with Crippen molar-refractivity contribution in [3.05, 3.63) is 65.5 Å². The number of benzene rings is 2.